The fourth-order valence-corrected chi connectivity index (χ4v) is 1.36. The van der Waals surface area contributed by atoms with Crippen molar-refractivity contribution in [2.24, 2.45) is 0 Å². The number of carbonyl (C=O) groups excluding carboxylic acids is 1. The molecule has 0 radical (unpaired) electrons. The lowest BCUT2D eigenvalue weighted by Crippen LogP contribution is -2.19. The van der Waals surface area contributed by atoms with Gasteiger partial charge in [-0.3, -0.25) is 13.8 Å². The molecule has 6 nitrogen and oxygen atoms in total. The number of allylic oxidation sites excluding steroid dienone is 1. The predicted octanol–water partition coefficient (Wildman–Crippen LogP) is 2.03. The third-order valence-corrected chi connectivity index (χ3v) is 2.88. The average Bonchev–Trinajstić information content (AvgIpc) is 2.17. The van der Waals surface area contributed by atoms with Crippen LogP contribution in [0.4, 0.5) is 0 Å². The van der Waals surface area contributed by atoms with Crippen molar-refractivity contribution >= 4 is 13.7 Å². The van der Waals surface area contributed by atoms with Crippen molar-refractivity contribution in [3.8, 4) is 0 Å². The molecule has 0 saturated heterocycles. The Morgan fingerprint density at radius 2 is 1.69 bits per heavy atom. The number of nitrogens with zero attached hydrogens (tertiary/aromatic N) is 1. The Bertz CT molecular complexity index is 292. The molecule has 0 aromatic rings. The van der Waals surface area contributed by atoms with Crippen LogP contribution in [-0.4, -0.2) is 39.1 Å². The van der Waals surface area contributed by atoms with Crippen LogP contribution < -0.4 is 0 Å². The molecule has 0 bridgehead atoms. The first kappa shape index (κ1) is 17.6. The van der Waals surface area contributed by atoms with E-state index in [1.165, 1.54) is 32.1 Å². The van der Waals surface area contributed by atoms with Gasteiger partial charge in [-0.15, -0.1) is 0 Å². The van der Waals surface area contributed by atoms with Crippen molar-refractivity contribution in [1.82, 2.24) is 4.90 Å². The fraction of sp³-hybridized carbons (Fsp3) is 0.667. The van der Waals surface area contributed by atoms with Gasteiger partial charge in [-0.25, -0.2) is 4.57 Å². The number of amides is 1. The summed E-state index contributed by atoms with van der Waals surface area (Å²) in [5.41, 5.74) is 0. The van der Waals surface area contributed by atoms with Gasteiger partial charge in [0.15, 0.2) is 0 Å². The van der Waals surface area contributed by atoms with Crippen LogP contribution in [0.1, 0.15) is 14.4 Å². The molecule has 0 spiro atoms. The summed E-state index contributed by atoms with van der Waals surface area (Å²) in [6, 6.07) is 0. The molecule has 7 heteroatoms. The van der Waals surface area contributed by atoms with Crippen LogP contribution in [0.5, 0.6) is 0 Å². The molecule has 0 aliphatic rings. The summed E-state index contributed by atoms with van der Waals surface area (Å²) in [6.07, 6.45) is 1.20. The minimum absolute atomic E-state index is 0. The Kier molecular flexibility index (Phi) is 8.16. The van der Waals surface area contributed by atoms with Crippen LogP contribution >= 0.6 is 7.82 Å². The summed E-state index contributed by atoms with van der Waals surface area (Å²) < 4.78 is 25.5. The van der Waals surface area contributed by atoms with Crippen molar-refractivity contribution in [3.05, 3.63) is 11.8 Å². The van der Waals surface area contributed by atoms with Crippen LogP contribution in [0.15, 0.2) is 11.8 Å². The molecule has 0 unspecified atom stereocenters. The molecule has 0 atom stereocenters. The topological polar surface area (TPSA) is 65.1 Å². The van der Waals surface area contributed by atoms with Gasteiger partial charge in [-0.05, 0) is 6.92 Å². The quantitative estimate of drug-likeness (QED) is 0.426. The Balaban J connectivity index is 0. The van der Waals surface area contributed by atoms with E-state index in [1.54, 1.807) is 14.1 Å². The minimum atomic E-state index is -3.56. The Hall–Kier alpha value is -0.840. The van der Waals surface area contributed by atoms with Crippen molar-refractivity contribution in [3.63, 3.8) is 0 Å². The molecule has 96 valence electrons. The Labute approximate surface area is 96.8 Å². The molecule has 0 N–H and O–H groups in total. The van der Waals surface area contributed by atoms with E-state index in [4.69, 9.17) is 4.52 Å². The molecule has 0 heterocycles. The second kappa shape index (κ2) is 7.44. The van der Waals surface area contributed by atoms with E-state index in [1.807, 2.05) is 0 Å². The van der Waals surface area contributed by atoms with E-state index in [-0.39, 0.29) is 19.1 Å². The maximum atomic E-state index is 11.5. The summed E-state index contributed by atoms with van der Waals surface area (Å²) in [5.74, 6) is -0.105. The van der Waals surface area contributed by atoms with Gasteiger partial charge in [0.2, 0.25) is 5.91 Å². The number of phosphoric ester groups is 1. The predicted molar refractivity (Wildman–Crippen MR) is 61.9 cm³/mol. The summed E-state index contributed by atoms with van der Waals surface area (Å²) in [5, 5.41) is 0. The molecule has 0 aromatic heterocycles. The van der Waals surface area contributed by atoms with Gasteiger partial charge in [0.1, 0.15) is 5.76 Å². The van der Waals surface area contributed by atoms with Crippen molar-refractivity contribution in [2.45, 2.75) is 14.4 Å². The molecule has 16 heavy (non-hydrogen) atoms. The smallest absolute Gasteiger partial charge is 0.409 e. The summed E-state index contributed by atoms with van der Waals surface area (Å²) in [7, 11) is 2.03. The largest absolute Gasteiger partial charge is 0.529 e. The molecule has 0 aromatic carbocycles. The molecular weight excluding hydrogens is 233 g/mol. The zero-order chi connectivity index (χ0) is 12.1. The first-order valence-corrected chi connectivity index (χ1v) is 5.61. The highest BCUT2D eigenvalue weighted by Crippen LogP contribution is 2.49. The zero-order valence-electron chi connectivity index (χ0n) is 9.51. The second-order valence-electron chi connectivity index (χ2n) is 2.89. The number of rotatable bonds is 5. The Morgan fingerprint density at radius 3 is 2.00 bits per heavy atom. The highest BCUT2D eigenvalue weighted by Gasteiger charge is 2.24. The average molecular weight is 253 g/mol. The number of hydrogen-bond acceptors (Lipinski definition) is 5. The van der Waals surface area contributed by atoms with Gasteiger partial charge in [0.05, 0.1) is 0 Å². The highest BCUT2D eigenvalue weighted by molar-refractivity contribution is 7.48. The molecular formula is C9H20NO5P. The third-order valence-electron chi connectivity index (χ3n) is 1.47. The van der Waals surface area contributed by atoms with E-state index < -0.39 is 7.82 Å². The molecule has 0 rings (SSSR count). The molecule has 0 saturated carbocycles. The molecule has 1 amide bonds. The maximum Gasteiger partial charge on any atom is 0.529 e. The number of likely N-dealkylation sites (N-methyl/N-ethyl adjacent to an activating group) is 1. The summed E-state index contributed by atoms with van der Waals surface area (Å²) in [6.45, 7) is 1.49. The Morgan fingerprint density at radius 1 is 1.25 bits per heavy atom. The van der Waals surface area contributed by atoms with E-state index in [2.05, 4.69) is 9.05 Å². The highest BCUT2D eigenvalue weighted by atomic mass is 31.2. The van der Waals surface area contributed by atoms with Crippen LogP contribution in [0, 0.1) is 0 Å². The zero-order valence-corrected chi connectivity index (χ0v) is 10.4. The van der Waals surface area contributed by atoms with Gasteiger partial charge in [-0.2, -0.15) is 0 Å². The van der Waals surface area contributed by atoms with Crippen molar-refractivity contribution in [1.29, 1.82) is 0 Å². The van der Waals surface area contributed by atoms with Gasteiger partial charge in [0.25, 0.3) is 0 Å². The van der Waals surface area contributed by atoms with E-state index in [0.717, 1.165) is 0 Å². The van der Waals surface area contributed by atoms with Gasteiger partial charge in [-0.1, -0.05) is 7.43 Å². The monoisotopic (exact) mass is 253 g/mol. The van der Waals surface area contributed by atoms with Gasteiger partial charge in [0, 0.05) is 34.4 Å². The van der Waals surface area contributed by atoms with Crippen LogP contribution in [0.25, 0.3) is 0 Å². The van der Waals surface area contributed by atoms with Crippen LogP contribution in [0.3, 0.4) is 0 Å². The van der Waals surface area contributed by atoms with E-state index >= 15 is 0 Å². The lowest BCUT2D eigenvalue weighted by Gasteiger charge is -2.14. The second-order valence-corrected chi connectivity index (χ2v) is 4.70. The van der Waals surface area contributed by atoms with Crippen molar-refractivity contribution in [2.75, 3.05) is 28.3 Å². The van der Waals surface area contributed by atoms with E-state index in [9.17, 15) is 9.36 Å². The standard InChI is InChI=1S/C8H16NO5P.CH4/c1-7(6-8(10)9(2)3)14-15(11,12-4)13-5;/h6H,1-5H3;1H4/b7-6+;. The normalized spacial score (nSPS) is 11.7. The van der Waals surface area contributed by atoms with Gasteiger partial charge < -0.3 is 9.42 Å². The van der Waals surface area contributed by atoms with Crippen molar-refractivity contribution < 1.29 is 22.9 Å². The summed E-state index contributed by atoms with van der Waals surface area (Å²) in [4.78, 5) is 12.6. The molecule has 0 aliphatic carbocycles. The molecule has 0 fully saturated rings. The van der Waals surface area contributed by atoms with E-state index in [0.29, 0.717) is 0 Å². The number of carbonyl (C=O) groups is 1. The SMILES string of the molecule is C.COP(=O)(OC)O/C(C)=C/C(=O)N(C)C. The number of hydrogen-bond donors (Lipinski definition) is 0. The van der Waals surface area contributed by atoms with Crippen LogP contribution in [-0.2, 0) is 22.9 Å². The fourth-order valence-electron chi connectivity index (χ4n) is 0.655. The molecule has 0 aliphatic heterocycles. The maximum absolute atomic E-state index is 11.5. The first-order valence-electron chi connectivity index (χ1n) is 4.15. The minimum Gasteiger partial charge on any atom is -0.409 e. The first-order chi connectivity index (χ1) is 6.84. The van der Waals surface area contributed by atoms with Gasteiger partial charge >= 0.3 is 7.82 Å². The summed E-state index contributed by atoms with van der Waals surface area (Å²) >= 11 is 0. The van der Waals surface area contributed by atoms with Crippen LogP contribution in [0.2, 0.25) is 0 Å². The lowest BCUT2D eigenvalue weighted by molar-refractivity contribution is -0.123. The third kappa shape index (κ3) is 5.90. The lowest BCUT2D eigenvalue weighted by atomic mass is 10.4. The number of phosphoric acid groups is 1.